The fraction of sp³-hybridized carbons (Fsp3) is 0.231. The third-order valence-electron chi connectivity index (χ3n) is 2.89. The monoisotopic (exact) mass is 243 g/mol. The third-order valence-corrected chi connectivity index (χ3v) is 2.89. The van der Waals surface area contributed by atoms with Crippen LogP contribution in [0.2, 0.25) is 0 Å². The molecule has 0 fully saturated rings. The minimum atomic E-state index is 0.0595. The second-order valence-corrected chi connectivity index (χ2v) is 4.21. The molecule has 0 aliphatic rings. The lowest BCUT2D eigenvalue weighted by molar-refractivity contribution is 0.282. The molecule has 92 valence electrons. The summed E-state index contributed by atoms with van der Waals surface area (Å²) in [7, 11) is 0. The summed E-state index contributed by atoms with van der Waals surface area (Å²) in [6.07, 6.45) is 1.98. The number of hydrogen-bond acceptors (Lipinski definition) is 4. The van der Waals surface area contributed by atoms with Crippen LogP contribution in [0.4, 0.5) is 0 Å². The number of aromatic nitrogens is 3. The summed E-state index contributed by atoms with van der Waals surface area (Å²) in [5.74, 6) is 1.17. The van der Waals surface area contributed by atoms with Gasteiger partial charge in [0.25, 0.3) is 0 Å². The maximum atomic E-state index is 9.10. The molecule has 5 nitrogen and oxygen atoms in total. The van der Waals surface area contributed by atoms with Crippen molar-refractivity contribution < 1.29 is 9.52 Å². The van der Waals surface area contributed by atoms with Gasteiger partial charge in [-0.1, -0.05) is 6.07 Å². The zero-order valence-corrected chi connectivity index (χ0v) is 10.00. The van der Waals surface area contributed by atoms with E-state index >= 15 is 0 Å². The number of aryl methyl sites for hydroxylation is 1. The highest BCUT2D eigenvalue weighted by atomic mass is 16.4. The van der Waals surface area contributed by atoms with Gasteiger partial charge in [0, 0.05) is 18.6 Å². The van der Waals surface area contributed by atoms with Crippen molar-refractivity contribution in [2.75, 3.05) is 0 Å². The van der Waals surface area contributed by atoms with Gasteiger partial charge in [0.05, 0.1) is 6.61 Å². The molecule has 3 aromatic rings. The van der Waals surface area contributed by atoms with Crippen LogP contribution in [0.25, 0.3) is 10.9 Å². The van der Waals surface area contributed by atoms with Crippen LogP contribution in [0.5, 0.6) is 0 Å². The molecule has 0 aliphatic heterocycles. The topological polar surface area (TPSA) is 64.1 Å². The highest BCUT2D eigenvalue weighted by Crippen LogP contribution is 2.18. The van der Waals surface area contributed by atoms with Gasteiger partial charge in [-0.2, -0.15) is 0 Å². The minimum Gasteiger partial charge on any atom is -0.424 e. The van der Waals surface area contributed by atoms with Crippen molar-refractivity contribution in [3.63, 3.8) is 0 Å². The Bertz CT molecular complexity index is 684. The first-order valence-electron chi connectivity index (χ1n) is 5.74. The van der Waals surface area contributed by atoms with Gasteiger partial charge in [0.15, 0.2) is 0 Å². The van der Waals surface area contributed by atoms with Crippen molar-refractivity contribution in [1.82, 2.24) is 14.8 Å². The second-order valence-electron chi connectivity index (χ2n) is 4.21. The normalized spacial score (nSPS) is 11.2. The Balaban J connectivity index is 1.97. The summed E-state index contributed by atoms with van der Waals surface area (Å²) in [6, 6.07) is 7.89. The zero-order chi connectivity index (χ0) is 12.5. The lowest BCUT2D eigenvalue weighted by atomic mass is 10.2. The van der Waals surface area contributed by atoms with E-state index in [0.29, 0.717) is 18.3 Å². The molecule has 1 N–H and O–H groups in total. The van der Waals surface area contributed by atoms with Gasteiger partial charge in [0.2, 0.25) is 11.8 Å². The Labute approximate surface area is 104 Å². The van der Waals surface area contributed by atoms with Gasteiger partial charge >= 0.3 is 0 Å². The van der Waals surface area contributed by atoms with Crippen molar-refractivity contribution in [3.8, 4) is 0 Å². The van der Waals surface area contributed by atoms with Gasteiger partial charge in [0.1, 0.15) is 6.54 Å². The third kappa shape index (κ3) is 1.89. The van der Waals surface area contributed by atoms with Crippen LogP contribution in [0, 0.1) is 6.92 Å². The fourth-order valence-corrected chi connectivity index (χ4v) is 2.03. The lowest BCUT2D eigenvalue weighted by Crippen LogP contribution is -1.98. The van der Waals surface area contributed by atoms with E-state index in [0.717, 1.165) is 16.5 Å². The Morgan fingerprint density at radius 1 is 1.28 bits per heavy atom. The Kier molecular flexibility index (Phi) is 2.60. The highest BCUT2D eigenvalue weighted by molar-refractivity contribution is 5.80. The number of nitrogens with zero attached hydrogens (tertiary/aromatic N) is 3. The fourth-order valence-electron chi connectivity index (χ4n) is 2.03. The molecule has 1 aromatic carbocycles. The molecule has 2 heterocycles. The molecular weight excluding hydrogens is 230 g/mol. The summed E-state index contributed by atoms with van der Waals surface area (Å²) < 4.78 is 7.41. The van der Waals surface area contributed by atoms with Crippen molar-refractivity contribution in [3.05, 3.63) is 47.8 Å². The summed E-state index contributed by atoms with van der Waals surface area (Å²) in [5.41, 5.74) is 2.00. The molecule has 0 saturated carbocycles. The first kappa shape index (κ1) is 11.0. The number of benzene rings is 1. The number of rotatable bonds is 3. The molecule has 0 saturated heterocycles. The van der Waals surface area contributed by atoms with Gasteiger partial charge < -0.3 is 14.1 Å². The molecule has 18 heavy (non-hydrogen) atoms. The molecule has 5 heteroatoms. The van der Waals surface area contributed by atoms with Crippen LogP contribution >= 0.6 is 0 Å². The maximum absolute atomic E-state index is 9.10. The molecular formula is C13H13N3O2. The zero-order valence-electron chi connectivity index (χ0n) is 10.00. The van der Waals surface area contributed by atoms with E-state index in [1.807, 2.05) is 35.0 Å². The Hall–Kier alpha value is -2.14. The molecule has 0 spiro atoms. The van der Waals surface area contributed by atoms with Crippen molar-refractivity contribution in [1.29, 1.82) is 0 Å². The molecule has 0 atom stereocenters. The van der Waals surface area contributed by atoms with E-state index in [1.54, 1.807) is 6.92 Å². The van der Waals surface area contributed by atoms with Crippen molar-refractivity contribution in [2.24, 2.45) is 0 Å². The quantitative estimate of drug-likeness (QED) is 0.762. The van der Waals surface area contributed by atoms with E-state index in [1.165, 1.54) is 0 Å². The van der Waals surface area contributed by atoms with Gasteiger partial charge in [-0.05, 0) is 29.1 Å². The largest absolute Gasteiger partial charge is 0.424 e. The summed E-state index contributed by atoms with van der Waals surface area (Å²) in [6.45, 7) is 2.39. The van der Waals surface area contributed by atoms with Gasteiger partial charge in [-0.3, -0.25) is 0 Å². The highest BCUT2D eigenvalue weighted by Gasteiger charge is 2.06. The second kappa shape index (κ2) is 4.27. The average Bonchev–Trinajstić information content (AvgIpc) is 2.96. The number of hydrogen-bond donors (Lipinski definition) is 1. The standard InChI is InChI=1S/C13H13N3O2/c1-9-14-15-13(18-9)7-16-5-4-11-6-10(8-17)2-3-12(11)16/h2-6,17H,7-8H2,1H3. The summed E-state index contributed by atoms with van der Waals surface area (Å²) in [4.78, 5) is 0. The first-order chi connectivity index (χ1) is 8.76. The molecule has 0 bridgehead atoms. The maximum Gasteiger partial charge on any atom is 0.236 e. The smallest absolute Gasteiger partial charge is 0.236 e. The predicted molar refractivity (Wildman–Crippen MR) is 66.0 cm³/mol. The van der Waals surface area contributed by atoms with Crippen LogP contribution < -0.4 is 0 Å². The van der Waals surface area contributed by atoms with E-state index in [2.05, 4.69) is 10.2 Å². The van der Waals surface area contributed by atoms with Gasteiger partial charge in [-0.15, -0.1) is 10.2 Å². The van der Waals surface area contributed by atoms with E-state index in [9.17, 15) is 0 Å². The molecule has 3 rings (SSSR count). The van der Waals surface area contributed by atoms with Crippen LogP contribution in [-0.2, 0) is 13.2 Å². The van der Waals surface area contributed by atoms with E-state index < -0.39 is 0 Å². The molecule has 2 aromatic heterocycles. The first-order valence-corrected chi connectivity index (χ1v) is 5.74. The van der Waals surface area contributed by atoms with Gasteiger partial charge in [-0.25, -0.2) is 0 Å². The van der Waals surface area contributed by atoms with E-state index in [4.69, 9.17) is 9.52 Å². The number of aliphatic hydroxyl groups is 1. The lowest BCUT2D eigenvalue weighted by Gasteiger charge is -2.02. The molecule has 0 aliphatic carbocycles. The average molecular weight is 243 g/mol. The van der Waals surface area contributed by atoms with Crippen molar-refractivity contribution >= 4 is 10.9 Å². The van der Waals surface area contributed by atoms with Crippen LogP contribution in [0.1, 0.15) is 17.3 Å². The van der Waals surface area contributed by atoms with Crippen molar-refractivity contribution in [2.45, 2.75) is 20.1 Å². The molecule has 0 unspecified atom stereocenters. The minimum absolute atomic E-state index is 0.0595. The molecule has 0 amide bonds. The Morgan fingerprint density at radius 3 is 2.89 bits per heavy atom. The van der Waals surface area contributed by atoms with Crippen LogP contribution in [-0.4, -0.2) is 19.9 Å². The van der Waals surface area contributed by atoms with E-state index in [-0.39, 0.29) is 6.61 Å². The Morgan fingerprint density at radius 2 is 2.17 bits per heavy atom. The number of fused-ring (bicyclic) bond motifs is 1. The summed E-state index contributed by atoms with van der Waals surface area (Å²) in [5, 5.41) is 18.0. The van der Waals surface area contributed by atoms with Crippen LogP contribution in [0.15, 0.2) is 34.9 Å². The predicted octanol–water partition coefficient (Wildman–Crippen LogP) is 1.87. The SMILES string of the molecule is Cc1nnc(Cn2ccc3cc(CO)ccc32)o1. The number of aliphatic hydroxyl groups excluding tert-OH is 1. The summed E-state index contributed by atoms with van der Waals surface area (Å²) >= 11 is 0. The van der Waals surface area contributed by atoms with Crippen LogP contribution in [0.3, 0.4) is 0 Å². The molecule has 0 radical (unpaired) electrons.